The molecule has 2 heterocycles. The lowest BCUT2D eigenvalue weighted by Crippen LogP contribution is -2.24. The van der Waals surface area contributed by atoms with Crippen molar-refractivity contribution in [2.45, 2.75) is 30.8 Å². The Morgan fingerprint density at radius 2 is 2.26 bits per heavy atom. The third kappa shape index (κ3) is 3.18. The van der Waals surface area contributed by atoms with Gasteiger partial charge in [-0.3, -0.25) is 0 Å². The Kier molecular flexibility index (Phi) is 4.30. The van der Waals surface area contributed by atoms with Gasteiger partial charge in [0.25, 0.3) is 0 Å². The molecule has 0 saturated carbocycles. The average molecular weight is 301 g/mol. The van der Waals surface area contributed by atoms with Crippen LogP contribution in [0.2, 0.25) is 0 Å². The number of hydrogen-bond acceptors (Lipinski definition) is 6. The number of rotatable bonds is 6. The van der Waals surface area contributed by atoms with Crippen molar-refractivity contribution >= 4 is 21.4 Å². The molecular weight excluding hydrogens is 286 g/mol. The highest BCUT2D eigenvalue weighted by Gasteiger charge is 2.17. The number of aromatic nitrogens is 3. The molecule has 0 bridgehead atoms. The Morgan fingerprint density at radius 1 is 1.47 bits per heavy atom. The summed E-state index contributed by atoms with van der Waals surface area (Å²) in [5.74, 6) is 0.585. The number of thiophene rings is 1. The van der Waals surface area contributed by atoms with Gasteiger partial charge in [0.15, 0.2) is 0 Å². The molecule has 0 aliphatic carbocycles. The minimum atomic E-state index is -3.52. The Bertz CT molecular complexity index is 646. The molecule has 0 unspecified atom stereocenters. The summed E-state index contributed by atoms with van der Waals surface area (Å²) in [5, 5.41) is 7.62. The van der Waals surface area contributed by atoms with Gasteiger partial charge in [-0.2, -0.15) is 0 Å². The van der Waals surface area contributed by atoms with Crippen molar-refractivity contribution in [3.63, 3.8) is 0 Å². The Morgan fingerprint density at radius 3 is 2.89 bits per heavy atom. The van der Waals surface area contributed by atoms with Gasteiger partial charge in [-0.15, -0.1) is 21.5 Å². The summed E-state index contributed by atoms with van der Waals surface area (Å²) in [6.07, 6.45) is 1.57. The maximum Gasteiger partial charge on any atom is 0.250 e. The normalized spacial score (nSPS) is 11.9. The monoisotopic (exact) mass is 301 g/mol. The predicted molar refractivity (Wildman–Crippen MR) is 71.9 cm³/mol. The third-order valence-corrected chi connectivity index (χ3v) is 5.56. The van der Waals surface area contributed by atoms with Crippen LogP contribution in [0.1, 0.15) is 17.6 Å². The van der Waals surface area contributed by atoms with Gasteiger partial charge in [0.1, 0.15) is 16.4 Å². The lowest BCUT2D eigenvalue weighted by molar-refractivity contribution is 0.577. The summed E-state index contributed by atoms with van der Waals surface area (Å²) >= 11 is 1.17. The molecule has 7 nitrogen and oxygen atoms in total. The zero-order chi connectivity index (χ0) is 13.9. The van der Waals surface area contributed by atoms with Crippen LogP contribution in [0.4, 0.5) is 0 Å². The Labute approximate surface area is 115 Å². The average Bonchev–Trinajstić information content (AvgIpc) is 3.05. The van der Waals surface area contributed by atoms with Gasteiger partial charge < -0.3 is 10.3 Å². The summed E-state index contributed by atoms with van der Waals surface area (Å²) < 4.78 is 28.7. The highest BCUT2D eigenvalue weighted by atomic mass is 32.2. The lowest BCUT2D eigenvalue weighted by atomic mass is 10.5. The molecule has 0 aliphatic heterocycles. The predicted octanol–water partition coefficient (Wildman–Crippen LogP) is 0.297. The first-order chi connectivity index (χ1) is 9.06. The van der Waals surface area contributed by atoms with Crippen LogP contribution >= 0.6 is 11.3 Å². The molecule has 19 heavy (non-hydrogen) atoms. The fraction of sp³-hybridized carbons (Fsp3) is 0.400. The van der Waals surface area contributed by atoms with E-state index in [2.05, 4.69) is 14.9 Å². The van der Waals surface area contributed by atoms with Gasteiger partial charge in [-0.05, 0) is 19.1 Å². The number of aryl methyl sites for hydroxylation is 1. The van der Waals surface area contributed by atoms with E-state index in [1.807, 2.05) is 6.92 Å². The van der Waals surface area contributed by atoms with Gasteiger partial charge in [-0.25, -0.2) is 13.1 Å². The standard InChI is InChI=1S/C10H15N5O2S2/c1-2-15-7-12-14-9(15)6-13-19(16,17)10-4-3-8(5-11)18-10/h3-4,7,13H,2,5-6,11H2,1H3. The molecule has 0 aromatic carbocycles. The van der Waals surface area contributed by atoms with E-state index >= 15 is 0 Å². The fourth-order valence-corrected chi connectivity index (χ4v) is 3.78. The first kappa shape index (κ1) is 14.1. The Balaban J connectivity index is 2.09. The molecule has 9 heteroatoms. The van der Waals surface area contributed by atoms with E-state index in [-0.39, 0.29) is 10.8 Å². The zero-order valence-electron chi connectivity index (χ0n) is 10.4. The molecule has 2 aromatic heterocycles. The van der Waals surface area contributed by atoms with Crippen LogP contribution in [0.5, 0.6) is 0 Å². The van der Waals surface area contributed by atoms with Crippen molar-refractivity contribution in [3.05, 3.63) is 29.2 Å². The number of nitrogens with one attached hydrogen (secondary N) is 1. The van der Waals surface area contributed by atoms with E-state index in [4.69, 9.17) is 5.73 Å². The van der Waals surface area contributed by atoms with Gasteiger partial charge in [0.05, 0.1) is 6.54 Å². The molecule has 0 amide bonds. The number of hydrogen-bond donors (Lipinski definition) is 2. The third-order valence-electron chi connectivity index (χ3n) is 2.56. The second kappa shape index (κ2) is 5.78. The SMILES string of the molecule is CCn1cnnc1CNS(=O)(=O)c1ccc(CN)s1. The first-order valence-electron chi connectivity index (χ1n) is 5.72. The Hall–Kier alpha value is -1.29. The molecule has 0 saturated heterocycles. The van der Waals surface area contributed by atoms with E-state index in [0.29, 0.717) is 18.9 Å². The summed E-state index contributed by atoms with van der Waals surface area (Å²) in [5.41, 5.74) is 5.47. The number of nitrogens with zero attached hydrogens (tertiary/aromatic N) is 3. The van der Waals surface area contributed by atoms with E-state index in [1.54, 1.807) is 23.0 Å². The minimum absolute atomic E-state index is 0.117. The van der Waals surface area contributed by atoms with Crippen LogP contribution in [0.15, 0.2) is 22.7 Å². The van der Waals surface area contributed by atoms with Crippen molar-refractivity contribution < 1.29 is 8.42 Å². The smallest absolute Gasteiger partial charge is 0.250 e. The molecule has 0 aliphatic rings. The molecule has 0 radical (unpaired) electrons. The van der Waals surface area contributed by atoms with Gasteiger partial charge in [0.2, 0.25) is 10.0 Å². The second-order valence-corrected chi connectivity index (χ2v) is 6.94. The number of sulfonamides is 1. The summed E-state index contributed by atoms with van der Waals surface area (Å²) in [4.78, 5) is 0.831. The topological polar surface area (TPSA) is 103 Å². The van der Waals surface area contributed by atoms with Crippen molar-refractivity contribution in [2.75, 3.05) is 0 Å². The van der Waals surface area contributed by atoms with Gasteiger partial charge >= 0.3 is 0 Å². The summed E-state index contributed by atoms with van der Waals surface area (Å²) in [6, 6.07) is 3.27. The van der Waals surface area contributed by atoms with Crippen LogP contribution in [-0.4, -0.2) is 23.2 Å². The van der Waals surface area contributed by atoms with Crippen LogP contribution in [0, 0.1) is 0 Å². The molecule has 0 fully saturated rings. The van der Waals surface area contributed by atoms with Gasteiger partial charge in [-0.1, -0.05) is 0 Å². The number of nitrogens with two attached hydrogens (primary N) is 1. The molecule has 2 rings (SSSR count). The van der Waals surface area contributed by atoms with E-state index in [0.717, 1.165) is 4.88 Å². The highest BCUT2D eigenvalue weighted by Crippen LogP contribution is 2.20. The molecule has 104 valence electrons. The molecule has 3 N–H and O–H groups in total. The second-order valence-electron chi connectivity index (χ2n) is 3.78. The molecule has 0 spiro atoms. The highest BCUT2D eigenvalue weighted by molar-refractivity contribution is 7.91. The quantitative estimate of drug-likeness (QED) is 0.798. The minimum Gasteiger partial charge on any atom is -0.326 e. The van der Waals surface area contributed by atoms with Crippen LogP contribution in [0.3, 0.4) is 0 Å². The molecular formula is C10H15N5O2S2. The van der Waals surface area contributed by atoms with Crippen molar-refractivity contribution in [2.24, 2.45) is 5.73 Å². The van der Waals surface area contributed by atoms with E-state index in [9.17, 15) is 8.42 Å². The van der Waals surface area contributed by atoms with E-state index in [1.165, 1.54) is 11.3 Å². The summed E-state index contributed by atoms with van der Waals surface area (Å²) in [7, 11) is -3.52. The maximum atomic E-state index is 12.1. The largest absolute Gasteiger partial charge is 0.326 e. The van der Waals surface area contributed by atoms with Crippen molar-refractivity contribution in [1.82, 2.24) is 19.5 Å². The van der Waals surface area contributed by atoms with Crippen molar-refractivity contribution in [1.29, 1.82) is 0 Å². The van der Waals surface area contributed by atoms with E-state index < -0.39 is 10.0 Å². The molecule has 0 atom stereocenters. The lowest BCUT2D eigenvalue weighted by Gasteiger charge is -2.05. The zero-order valence-corrected chi connectivity index (χ0v) is 12.0. The van der Waals surface area contributed by atoms with Crippen LogP contribution in [-0.2, 0) is 29.7 Å². The molecule has 2 aromatic rings. The van der Waals surface area contributed by atoms with Crippen molar-refractivity contribution in [3.8, 4) is 0 Å². The first-order valence-corrected chi connectivity index (χ1v) is 8.02. The maximum absolute atomic E-state index is 12.1. The van der Waals surface area contributed by atoms with Gasteiger partial charge in [0, 0.05) is 18.0 Å². The fourth-order valence-electron chi connectivity index (χ4n) is 1.52. The van der Waals surface area contributed by atoms with Crippen LogP contribution in [0.25, 0.3) is 0 Å². The van der Waals surface area contributed by atoms with Crippen LogP contribution < -0.4 is 10.5 Å². The summed E-state index contributed by atoms with van der Waals surface area (Å²) in [6.45, 7) is 3.09.